The maximum Gasteiger partial charge on any atom is 0.266 e. The zero-order valence-electron chi connectivity index (χ0n) is 14.6. The Labute approximate surface area is 151 Å². The average molecular weight is 358 g/mol. The van der Waals surface area contributed by atoms with E-state index in [1.165, 1.54) is 11.3 Å². The number of rotatable bonds is 6. The maximum absolute atomic E-state index is 12.6. The van der Waals surface area contributed by atoms with Crippen molar-refractivity contribution in [1.82, 2.24) is 0 Å². The van der Waals surface area contributed by atoms with E-state index >= 15 is 0 Å². The first-order valence-corrected chi connectivity index (χ1v) is 9.24. The Balaban J connectivity index is 1.73. The lowest BCUT2D eigenvalue weighted by Gasteiger charge is -2.14. The summed E-state index contributed by atoms with van der Waals surface area (Å²) < 4.78 is 5.74. The van der Waals surface area contributed by atoms with E-state index in [1.54, 1.807) is 0 Å². The van der Waals surface area contributed by atoms with Gasteiger partial charge in [-0.1, -0.05) is 12.1 Å². The summed E-state index contributed by atoms with van der Waals surface area (Å²) in [5.41, 5.74) is 1.48. The monoisotopic (exact) mass is 358 g/mol. The lowest BCUT2D eigenvalue weighted by atomic mass is 10.2. The second-order valence-corrected chi connectivity index (χ2v) is 7.56. The number of thiophene rings is 1. The fraction of sp³-hybridized carbons (Fsp3) is 0.368. The minimum absolute atomic E-state index is 0.0192. The number of ether oxygens (including phenoxy) is 1. The molecule has 1 aliphatic rings. The molecule has 3 rings (SSSR count). The molecule has 0 atom stereocenters. The van der Waals surface area contributed by atoms with Gasteiger partial charge in [0.2, 0.25) is 5.91 Å². The Hall–Kier alpha value is -2.34. The van der Waals surface area contributed by atoms with Crippen molar-refractivity contribution in [1.29, 1.82) is 0 Å². The molecular formula is C19H22N2O3S. The Morgan fingerprint density at radius 1 is 1.20 bits per heavy atom. The van der Waals surface area contributed by atoms with Crippen molar-refractivity contribution in [3.63, 3.8) is 0 Å². The second-order valence-electron chi connectivity index (χ2n) is 6.50. The fourth-order valence-electron chi connectivity index (χ4n) is 2.44. The van der Waals surface area contributed by atoms with Crippen molar-refractivity contribution in [2.24, 2.45) is 5.92 Å². The molecule has 1 heterocycles. The van der Waals surface area contributed by atoms with Gasteiger partial charge in [-0.2, -0.15) is 0 Å². The van der Waals surface area contributed by atoms with Crippen LogP contribution in [0.5, 0.6) is 5.75 Å². The molecule has 1 fully saturated rings. The number of hydrogen-bond acceptors (Lipinski definition) is 4. The number of carbonyl (C=O) groups is 2. The van der Waals surface area contributed by atoms with Crippen LogP contribution in [-0.4, -0.2) is 17.9 Å². The lowest BCUT2D eigenvalue weighted by molar-refractivity contribution is -0.117. The van der Waals surface area contributed by atoms with E-state index in [2.05, 4.69) is 10.6 Å². The van der Waals surface area contributed by atoms with Gasteiger partial charge in [-0.15, -0.1) is 11.3 Å². The highest BCUT2D eigenvalue weighted by atomic mass is 32.1. The summed E-state index contributed by atoms with van der Waals surface area (Å²) in [4.78, 5) is 25.1. The largest absolute Gasteiger partial charge is 0.489 e. The summed E-state index contributed by atoms with van der Waals surface area (Å²) in [5.74, 6) is 0.625. The number of para-hydroxylation sites is 2. The van der Waals surface area contributed by atoms with Gasteiger partial charge in [0.05, 0.1) is 21.7 Å². The highest BCUT2D eigenvalue weighted by Gasteiger charge is 2.30. The zero-order chi connectivity index (χ0) is 18.0. The van der Waals surface area contributed by atoms with Crippen LogP contribution in [-0.2, 0) is 4.79 Å². The molecule has 132 valence electrons. The fourth-order valence-corrected chi connectivity index (χ4v) is 3.41. The summed E-state index contributed by atoms with van der Waals surface area (Å²) in [6.45, 7) is 5.75. The average Bonchev–Trinajstić information content (AvgIpc) is 3.33. The minimum Gasteiger partial charge on any atom is -0.489 e. The van der Waals surface area contributed by atoms with E-state index in [0.29, 0.717) is 21.3 Å². The van der Waals surface area contributed by atoms with E-state index in [9.17, 15) is 9.59 Å². The molecule has 2 amide bonds. The number of anilines is 2. The van der Waals surface area contributed by atoms with E-state index < -0.39 is 0 Å². The lowest BCUT2D eigenvalue weighted by Crippen LogP contribution is -2.14. The van der Waals surface area contributed by atoms with Crippen LogP contribution in [0.25, 0.3) is 0 Å². The Morgan fingerprint density at radius 3 is 2.60 bits per heavy atom. The number of aryl methyl sites for hydroxylation is 1. The Kier molecular flexibility index (Phi) is 5.08. The third-order valence-corrected chi connectivity index (χ3v) is 4.97. The summed E-state index contributed by atoms with van der Waals surface area (Å²) in [6.07, 6.45) is 1.93. The van der Waals surface area contributed by atoms with Crippen LogP contribution < -0.4 is 15.4 Å². The standard InChI is InChI=1S/C19H22N2O3S/c1-11(2)24-15-7-5-4-6-14(15)20-19(23)17-12(3)10-16(25-17)21-18(22)13-8-9-13/h4-7,10-11,13H,8-9H2,1-3H3,(H,20,23)(H,21,22). The maximum atomic E-state index is 12.6. The van der Waals surface area contributed by atoms with Crippen LogP contribution in [0.4, 0.5) is 10.7 Å². The second kappa shape index (κ2) is 7.27. The molecule has 0 bridgehead atoms. The molecular weight excluding hydrogens is 336 g/mol. The molecule has 1 aromatic heterocycles. The van der Waals surface area contributed by atoms with Crippen LogP contribution in [0.1, 0.15) is 41.9 Å². The van der Waals surface area contributed by atoms with Gasteiger partial charge in [0, 0.05) is 5.92 Å². The van der Waals surface area contributed by atoms with Crippen LogP contribution >= 0.6 is 11.3 Å². The van der Waals surface area contributed by atoms with Crippen LogP contribution in [0.15, 0.2) is 30.3 Å². The molecule has 1 aliphatic carbocycles. The van der Waals surface area contributed by atoms with Crippen LogP contribution in [0.2, 0.25) is 0 Å². The molecule has 1 aromatic carbocycles. The highest BCUT2D eigenvalue weighted by molar-refractivity contribution is 7.18. The molecule has 1 saturated carbocycles. The van der Waals surface area contributed by atoms with Gasteiger partial charge in [-0.25, -0.2) is 0 Å². The SMILES string of the molecule is Cc1cc(NC(=O)C2CC2)sc1C(=O)Nc1ccccc1OC(C)C. The van der Waals surface area contributed by atoms with Gasteiger partial charge in [0.25, 0.3) is 5.91 Å². The van der Waals surface area contributed by atoms with Crippen molar-refractivity contribution >= 4 is 33.8 Å². The quantitative estimate of drug-likeness (QED) is 0.802. The molecule has 5 nitrogen and oxygen atoms in total. The van der Waals surface area contributed by atoms with E-state index in [0.717, 1.165) is 18.4 Å². The van der Waals surface area contributed by atoms with Crippen molar-refractivity contribution < 1.29 is 14.3 Å². The van der Waals surface area contributed by atoms with Gasteiger partial charge in [0.15, 0.2) is 0 Å². The van der Waals surface area contributed by atoms with Gasteiger partial charge >= 0.3 is 0 Å². The smallest absolute Gasteiger partial charge is 0.266 e. The number of nitrogens with one attached hydrogen (secondary N) is 2. The zero-order valence-corrected chi connectivity index (χ0v) is 15.4. The predicted molar refractivity (Wildman–Crippen MR) is 101 cm³/mol. The van der Waals surface area contributed by atoms with Crippen molar-refractivity contribution in [3.8, 4) is 5.75 Å². The molecule has 0 radical (unpaired) electrons. The van der Waals surface area contributed by atoms with Crippen molar-refractivity contribution in [2.75, 3.05) is 10.6 Å². The topological polar surface area (TPSA) is 67.4 Å². The van der Waals surface area contributed by atoms with Gasteiger partial charge in [0.1, 0.15) is 5.75 Å². The predicted octanol–water partition coefficient (Wildman–Crippen LogP) is 4.44. The van der Waals surface area contributed by atoms with E-state index in [4.69, 9.17) is 4.74 Å². The van der Waals surface area contributed by atoms with E-state index in [1.807, 2.05) is 51.1 Å². The normalized spacial score (nSPS) is 13.6. The first-order chi connectivity index (χ1) is 11.9. The van der Waals surface area contributed by atoms with E-state index in [-0.39, 0.29) is 23.8 Å². The third-order valence-electron chi connectivity index (χ3n) is 3.82. The minimum atomic E-state index is -0.200. The number of hydrogen-bond donors (Lipinski definition) is 2. The molecule has 0 spiro atoms. The molecule has 0 saturated heterocycles. The van der Waals surface area contributed by atoms with Crippen molar-refractivity contribution in [2.45, 2.75) is 39.7 Å². The Bertz CT molecular complexity index is 794. The molecule has 0 aliphatic heterocycles. The number of amides is 2. The number of carbonyl (C=O) groups excluding carboxylic acids is 2. The Morgan fingerprint density at radius 2 is 1.92 bits per heavy atom. The molecule has 0 unspecified atom stereocenters. The first-order valence-electron chi connectivity index (χ1n) is 8.42. The third kappa shape index (κ3) is 4.39. The summed E-state index contributed by atoms with van der Waals surface area (Å²) in [7, 11) is 0. The molecule has 6 heteroatoms. The van der Waals surface area contributed by atoms with Crippen LogP contribution in [0, 0.1) is 12.8 Å². The molecule has 2 N–H and O–H groups in total. The molecule has 25 heavy (non-hydrogen) atoms. The highest BCUT2D eigenvalue weighted by Crippen LogP contribution is 2.33. The van der Waals surface area contributed by atoms with Crippen molar-refractivity contribution in [3.05, 3.63) is 40.8 Å². The number of benzene rings is 1. The molecule has 2 aromatic rings. The van der Waals surface area contributed by atoms with Gasteiger partial charge < -0.3 is 15.4 Å². The van der Waals surface area contributed by atoms with Gasteiger partial charge in [-0.3, -0.25) is 9.59 Å². The van der Waals surface area contributed by atoms with Crippen LogP contribution in [0.3, 0.4) is 0 Å². The summed E-state index contributed by atoms with van der Waals surface area (Å²) in [5, 5.41) is 6.52. The first kappa shape index (κ1) is 17.5. The summed E-state index contributed by atoms with van der Waals surface area (Å²) >= 11 is 1.30. The van der Waals surface area contributed by atoms with Gasteiger partial charge in [-0.05, 0) is 57.4 Å². The summed E-state index contributed by atoms with van der Waals surface area (Å²) in [6, 6.07) is 9.21.